The molecule has 2 heterocycles. The van der Waals surface area contributed by atoms with Gasteiger partial charge in [-0.15, -0.1) is 5.10 Å². The number of H-pyrrole nitrogens is 1. The van der Waals surface area contributed by atoms with E-state index >= 15 is 0 Å². The number of rotatable bonds is 5. The van der Waals surface area contributed by atoms with Crippen LogP contribution in [0.1, 0.15) is 28.3 Å². The van der Waals surface area contributed by atoms with Crippen molar-refractivity contribution >= 4 is 11.6 Å². The van der Waals surface area contributed by atoms with E-state index in [0.29, 0.717) is 34.6 Å². The summed E-state index contributed by atoms with van der Waals surface area (Å²) in [4.78, 5) is 0. The van der Waals surface area contributed by atoms with Crippen molar-refractivity contribution in [2.45, 2.75) is 19.4 Å². The molecule has 8 heteroatoms. The van der Waals surface area contributed by atoms with E-state index in [9.17, 15) is 5.26 Å². The number of aromatic amines is 1. The largest absolute Gasteiger partial charge is 0.493 e. The normalized spacial score (nSPS) is 15.2. The highest BCUT2D eigenvalue weighted by Crippen LogP contribution is 2.44. The summed E-state index contributed by atoms with van der Waals surface area (Å²) in [5.41, 5.74) is 9.68. The summed E-state index contributed by atoms with van der Waals surface area (Å²) >= 11 is 5.93. The van der Waals surface area contributed by atoms with E-state index < -0.39 is 5.92 Å². The van der Waals surface area contributed by atoms with E-state index in [2.05, 4.69) is 16.3 Å². The van der Waals surface area contributed by atoms with Gasteiger partial charge in [-0.05, 0) is 42.3 Å². The van der Waals surface area contributed by atoms with Crippen molar-refractivity contribution in [3.8, 4) is 23.4 Å². The molecule has 0 fully saturated rings. The van der Waals surface area contributed by atoms with Gasteiger partial charge in [-0.3, -0.25) is 5.10 Å². The number of nitriles is 1. The zero-order valence-electron chi connectivity index (χ0n) is 16.4. The lowest BCUT2D eigenvalue weighted by Crippen LogP contribution is -2.21. The van der Waals surface area contributed by atoms with Gasteiger partial charge < -0.3 is 19.9 Å². The topological polar surface area (TPSA) is 106 Å². The van der Waals surface area contributed by atoms with Crippen LogP contribution in [0.25, 0.3) is 0 Å². The van der Waals surface area contributed by atoms with Crippen molar-refractivity contribution in [3.05, 3.63) is 81.3 Å². The van der Waals surface area contributed by atoms with Crippen LogP contribution in [-0.2, 0) is 6.61 Å². The number of hydrogen-bond donors (Lipinski definition) is 2. The van der Waals surface area contributed by atoms with E-state index in [1.165, 1.54) is 0 Å². The quantitative estimate of drug-likeness (QED) is 0.638. The van der Waals surface area contributed by atoms with E-state index in [0.717, 1.165) is 22.4 Å². The number of nitrogens with zero attached hydrogens (tertiary/aromatic N) is 2. The number of halogens is 1. The molecule has 1 aromatic heterocycles. The van der Waals surface area contributed by atoms with Gasteiger partial charge in [0.2, 0.25) is 11.8 Å². The molecule has 0 unspecified atom stereocenters. The van der Waals surface area contributed by atoms with E-state index in [4.69, 9.17) is 31.5 Å². The molecule has 152 valence electrons. The van der Waals surface area contributed by atoms with Crippen LogP contribution >= 0.6 is 11.6 Å². The van der Waals surface area contributed by atoms with Crippen LogP contribution in [0.4, 0.5) is 0 Å². The molecule has 0 aliphatic carbocycles. The molecule has 2 aromatic carbocycles. The summed E-state index contributed by atoms with van der Waals surface area (Å²) < 4.78 is 17.0. The van der Waals surface area contributed by atoms with Crippen molar-refractivity contribution in [2.75, 3.05) is 7.11 Å². The SMILES string of the molecule is COc1cc([C@H]2C(C#N)=C(N)Oc3n[nH]c(C)c32)ccc1OCc1ccc(Cl)cc1. The number of benzene rings is 2. The molecular formula is C22H19ClN4O3. The maximum Gasteiger partial charge on any atom is 0.244 e. The Morgan fingerprint density at radius 3 is 2.70 bits per heavy atom. The Bertz CT molecular complexity index is 1160. The Kier molecular flexibility index (Phi) is 5.25. The van der Waals surface area contributed by atoms with Gasteiger partial charge in [-0.1, -0.05) is 29.8 Å². The second-order valence-electron chi connectivity index (χ2n) is 6.82. The Morgan fingerprint density at radius 1 is 1.23 bits per heavy atom. The first-order valence-corrected chi connectivity index (χ1v) is 9.57. The van der Waals surface area contributed by atoms with E-state index in [1.807, 2.05) is 49.4 Å². The number of aromatic nitrogens is 2. The van der Waals surface area contributed by atoms with Crippen LogP contribution in [0, 0.1) is 18.3 Å². The van der Waals surface area contributed by atoms with Gasteiger partial charge in [-0.2, -0.15) is 5.26 Å². The molecular weight excluding hydrogens is 404 g/mol. The van der Waals surface area contributed by atoms with Gasteiger partial charge in [0.1, 0.15) is 18.2 Å². The summed E-state index contributed by atoms with van der Waals surface area (Å²) in [5, 5.41) is 17.4. The molecule has 0 saturated heterocycles. The zero-order valence-corrected chi connectivity index (χ0v) is 17.2. The van der Waals surface area contributed by atoms with Crippen LogP contribution in [0.3, 0.4) is 0 Å². The smallest absolute Gasteiger partial charge is 0.244 e. The van der Waals surface area contributed by atoms with Gasteiger partial charge in [-0.25, -0.2) is 0 Å². The number of fused-ring (bicyclic) bond motifs is 1. The molecule has 7 nitrogen and oxygen atoms in total. The van der Waals surface area contributed by atoms with Crippen LogP contribution in [0.5, 0.6) is 17.4 Å². The third-order valence-electron chi connectivity index (χ3n) is 4.96. The first kappa shape index (κ1) is 19.7. The van der Waals surface area contributed by atoms with Gasteiger partial charge in [0, 0.05) is 16.3 Å². The van der Waals surface area contributed by atoms with Crippen molar-refractivity contribution in [1.82, 2.24) is 10.2 Å². The fourth-order valence-electron chi connectivity index (χ4n) is 3.46. The molecule has 0 bridgehead atoms. The lowest BCUT2D eigenvalue weighted by molar-refractivity contribution is 0.284. The molecule has 0 spiro atoms. The number of nitrogens with one attached hydrogen (secondary N) is 1. The van der Waals surface area contributed by atoms with E-state index in [1.54, 1.807) is 7.11 Å². The standard InChI is InChI=1S/C22H19ClN4O3/c1-12-19-20(16(10-24)21(25)30-22(19)27-26-12)14-5-8-17(18(9-14)28-2)29-11-13-3-6-15(23)7-4-13/h3-9,20H,11,25H2,1-2H3,(H,26,27)/t20-/m0/s1. The van der Waals surface area contributed by atoms with Crippen LogP contribution in [0.2, 0.25) is 5.02 Å². The van der Waals surface area contributed by atoms with Crippen LogP contribution in [0.15, 0.2) is 53.9 Å². The Balaban J connectivity index is 1.68. The summed E-state index contributed by atoms with van der Waals surface area (Å²) in [7, 11) is 1.57. The molecule has 1 aliphatic heterocycles. The number of aryl methyl sites for hydroxylation is 1. The average Bonchev–Trinajstić information content (AvgIpc) is 3.12. The van der Waals surface area contributed by atoms with Gasteiger partial charge in [0.25, 0.3) is 0 Å². The number of allylic oxidation sites excluding steroid dienone is 1. The Labute approximate surface area is 178 Å². The number of nitrogens with two attached hydrogens (primary N) is 1. The maximum absolute atomic E-state index is 9.69. The molecule has 0 amide bonds. The minimum absolute atomic E-state index is 0.0449. The Hall–Kier alpha value is -3.63. The second kappa shape index (κ2) is 8.01. The highest BCUT2D eigenvalue weighted by Gasteiger charge is 2.34. The molecule has 3 N–H and O–H groups in total. The molecule has 1 aliphatic rings. The summed E-state index contributed by atoms with van der Waals surface area (Å²) in [6.45, 7) is 2.24. The van der Waals surface area contributed by atoms with Gasteiger partial charge in [0.05, 0.1) is 13.0 Å². The first-order chi connectivity index (χ1) is 14.5. The zero-order chi connectivity index (χ0) is 21.3. The minimum Gasteiger partial charge on any atom is -0.493 e. The fourth-order valence-corrected chi connectivity index (χ4v) is 3.58. The van der Waals surface area contributed by atoms with Crippen molar-refractivity contribution < 1.29 is 14.2 Å². The van der Waals surface area contributed by atoms with Crippen molar-refractivity contribution in [1.29, 1.82) is 5.26 Å². The fraction of sp³-hybridized carbons (Fsp3) is 0.182. The minimum atomic E-state index is -0.420. The van der Waals surface area contributed by atoms with Crippen molar-refractivity contribution in [2.24, 2.45) is 5.73 Å². The monoisotopic (exact) mass is 422 g/mol. The second-order valence-corrected chi connectivity index (χ2v) is 7.25. The first-order valence-electron chi connectivity index (χ1n) is 9.19. The number of methoxy groups -OCH3 is 1. The summed E-state index contributed by atoms with van der Waals surface area (Å²) in [6, 6.07) is 15.2. The Morgan fingerprint density at radius 2 is 2.00 bits per heavy atom. The van der Waals surface area contributed by atoms with Crippen LogP contribution in [-0.4, -0.2) is 17.3 Å². The molecule has 4 rings (SSSR count). The molecule has 30 heavy (non-hydrogen) atoms. The van der Waals surface area contributed by atoms with Crippen molar-refractivity contribution in [3.63, 3.8) is 0 Å². The number of ether oxygens (including phenoxy) is 3. The summed E-state index contributed by atoms with van der Waals surface area (Å²) in [5.74, 6) is 1.13. The average molecular weight is 423 g/mol. The predicted molar refractivity (Wildman–Crippen MR) is 111 cm³/mol. The van der Waals surface area contributed by atoms with Gasteiger partial charge >= 0.3 is 0 Å². The van der Waals surface area contributed by atoms with Gasteiger partial charge in [0.15, 0.2) is 11.5 Å². The number of hydrogen-bond acceptors (Lipinski definition) is 6. The molecule has 3 aromatic rings. The maximum atomic E-state index is 9.69. The lowest BCUT2D eigenvalue weighted by atomic mass is 9.84. The van der Waals surface area contributed by atoms with E-state index in [-0.39, 0.29) is 5.88 Å². The van der Waals surface area contributed by atoms with Crippen LogP contribution < -0.4 is 19.9 Å². The predicted octanol–water partition coefficient (Wildman–Crippen LogP) is 4.18. The highest BCUT2D eigenvalue weighted by atomic mass is 35.5. The molecule has 0 radical (unpaired) electrons. The molecule has 0 saturated carbocycles. The molecule has 1 atom stereocenters. The third kappa shape index (κ3) is 3.53. The lowest BCUT2D eigenvalue weighted by Gasteiger charge is -2.24. The summed E-state index contributed by atoms with van der Waals surface area (Å²) in [6.07, 6.45) is 0. The highest BCUT2D eigenvalue weighted by molar-refractivity contribution is 6.30. The third-order valence-corrected chi connectivity index (χ3v) is 5.21.